The molecule has 10 N–H and O–H groups in total. The van der Waals surface area contributed by atoms with E-state index in [1.807, 2.05) is 0 Å². The number of esters is 1. The lowest BCUT2D eigenvalue weighted by Crippen LogP contribution is -2.66. The highest BCUT2D eigenvalue weighted by molar-refractivity contribution is 7.80. The molecule has 0 radical (unpaired) electrons. The molecule has 8 fully saturated rings. The molecule has 26 atom stereocenters. The first-order valence-corrected chi connectivity index (χ1v) is 28.9. The summed E-state index contributed by atoms with van der Waals surface area (Å²) < 4.78 is 97.7. The molecule has 78 heavy (non-hydrogen) atoms. The largest absolute Gasteiger partial charge is 0.459 e. The van der Waals surface area contributed by atoms with Crippen molar-refractivity contribution in [3.63, 3.8) is 0 Å². The van der Waals surface area contributed by atoms with Crippen molar-refractivity contribution in [1.29, 1.82) is 0 Å². The van der Waals surface area contributed by atoms with Gasteiger partial charge in [-0.3, -0.25) is 9.35 Å². The number of hydrogen-bond donors (Lipinski definition) is 10. The quantitative estimate of drug-likeness (QED) is 0.0554. The van der Waals surface area contributed by atoms with Gasteiger partial charge in [-0.15, -0.1) is 0 Å². The van der Waals surface area contributed by atoms with Crippen LogP contribution in [0.25, 0.3) is 0 Å². The van der Waals surface area contributed by atoms with Crippen LogP contribution in [0, 0.1) is 39.4 Å². The SMILES string of the molecule is CO[C@@H]1[C@@H](O)[C@H](O[C@@H]2[C@@H](O)[C@H](O[C@H]3[C@H](O)[C@@H](O)[C@H](O[C@H]4[C@H](OC5CC[C@@]6(C)C(CC=C7[C@H]6CC[C@]68C(=O)O[C@@](C)(CCC=C(C)C)[C@H]6CC[C@@]78C)C5(C)C)OC[C@@H](OS(=O)(=O)O)[C@@H]4O)O[C@@H]3CO)OC[C@H]2O)O[C@H](CO)[C@H]1O. The van der Waals surface area contributed by atoms with E-state index in [0.29, 0.717) is 12.8 Å². The monoisotopic (exact) mass is 1140 g/mol. The van der Waals surface area contributed by atoms with Crippen LogP contribution in [0.1, 0.15) is 106 Å². The van der Waals surface area contributed by atoms with E-state index in [1.165, 1.54) is 18.3 Å². The number of fused-ring (bicyclic) bond motifs is 4. The van der Waals surface area contributed by atoms with Crippen LogP contribution in [-0.4, -0.2) is 221 Å². The maximum absolute atomic E-state index is 14.4. The van der Waals surface area contributed by atoms with E-state index in [-0.39, 0.29) is 34.6 Å². The molecule has 24 nitrogen and oxygen atoms in total. The molecule has 0 amide bonds. The van der Waals surface area contributed by atoms with Gasteiger partial charge in [0.2, 0.25) is 0 Å². The Bertz CT molecular complexity index is 2320. The van der Waals surface area contributed by atoms with E-state index in [0.717, 1.165) is 44.9 Å². The maximum atomic E-state index is 14.4. The molecule has 0 aromatic rings. The number of ether oxygens (including phenoxy) is 10. The van der Waals surface area contributed by atoms with Gasteiger partial charge in [0.05, 0.1) is 37.9 Å². The predicted octanol–water partition coefficient (Wildman–Crippen LogP) is 0.0507. The summed E-state index contributed by atoms with van der Waals surface area (Å²) >= 11 is 0. The van der Waals surface area contributed by atoms with Crippen molar-refractivity contribution in [1.82, 2.24) is 0 Å². The van der Waals surface area contributed by atoms with Crippen molar-refractivity contribution in [2.24, 2.45) is 39.4 Å². The van der Waals surface area contributed by atoms with Crippen LogP contribution in [0.3, 0.4) is 0 Å². The Morgan fingerprint density at radius 2 is 1.35 bits per heavy atom. The number of allylic oxidation sites excluding steroid dienone is 4. The molecule has 0 aromatic carbocycles. The van der Waals surface area contributed by atoms with Crippen LogP contribution in [0.2, 0.25) is 0 Å². The van der Waals surface area contributed by atoms with Gasteiger partial charge < -0.3 is 93.3 Å². The smallest absolute Gasteiger partial charge is 0.397 e. The predicted molar refractivity (Wildman–Crippen MR) is 266 cm³/mol. The first kappa shape index (κ1) is 60.7. The number of carbonyl (C=O) groups is 1. The van der Waals surface area contributed by atoms with Crippen LogP contribution >= 0.6 is 0 Å². The zero-order chi connectivity index (χ0) is 56.8. The van der Waals surface area contributed by atoms with Crippen LogP contribution in [0.4, 0.5) is 0 Å². The summed E-state index contributed by atoms with van der Waals surface area (Å²) in [6, 6.07) is 0. The van der Waals surface area contributed by atoms with Crippen molar-refractivity contribution in [3.05, 3.63) is 23.3 Å². The average molecular weight is 1140 g/mol. The number of aliphatic hydroxyl groups excluding tert-OH is 9. The van der Waals surface area contributed by atoms with Crippen molar-refractivity contribution in [3.8, 4) is 0 Å². The molecule has 3 saturated carbocycles. The van der Waals surface area contributed by atoms with Gasteiger partial charge in [-0.2, -0.15) is 8.42 Å². The molecule has 2 unspecified atom stereocenters. The number of methoxy groups -OCH3 is 1. The molecule has 5 saturated heterocycles. The third-order valence-electron chi connectivity index (χ3n) is 20.0. The summed E-state index contributed by atoms with van der Waals surface area (Å²) in [5, 5.41) is 98.9. The van der Waals surface area contributed by atoms with Crippen molar-refractivity contribution < 1.29 is 115 Å². The second-order valence-corrected chi connectivity index (χ2v) is 25.9. The fourth-order valence-electron chi connectivity index (χ4n) is 15.9. The minimum absolute atomic E-state index is 0.0567. The first-order chi connectivity index (χ1) is 36.6. The summed E-state index contributed by atoms with van der Waals surface area (Å²) in [5.41, 5.74) is 0.282. The third kappa shape index (κ3) is 10.4. The summed E-state index contributed by atoms with van der Waals surface area (Å²) in [5.74, 6) is 0.279. The lowest BCUT2D eigenvalue weighted by atomic mass is 9.41. The number of aliphatic hydroxyl groups is 9. The van der Waals surface area contributed by atoms with E-state index in [9.17, 15) is 63.7 Å². The van der Waals surface area contributed by atoms with Crippen molar-refractivity contribution >= 4 is 16.4 Å². The zero-order valence-corrected chi connectivity index (χ0v) is 46.5. The number of cyclic esters (lactones) is 1. The minimum atomic E-state index is -5.17. The highest BCUT2D eigenvalue weighted by Crippen LogP contribution is 2.76. The summed E-state index contributed by atoms with van der Waals surface area (Å²) in [7, 11) is -3.97. The standard InChI is InChI=1S/C53H84O24S/c1-24(2)10-9-16-52(7)32-14-18-51(6)26-11-12-31-49(3,4)33(15-17-50(31,5)25(26)13-19-53(32,51)48(63)76-52)72-47-43(35(58)30(23-69-47)77-78(64,65)66)75-45-37(60)36(59)41(29(21-55)71-45)74-44-38(61)40(27(56)22-68-44)73-46-39(62)42(67-8)34(57)28(20-54)70-46/h10-11,25,27-47,54-62H,9,12-23H2,1-8H3,(H,64,65,66)/t25-,27-,28-,29-,30-,31?,32-,33?,34-,35+,36-,37-,38-,39-,40+,41-,42+,43-,44+,45+,46+,47+,50-,51+,52+,53-/m1/s1. The molecule has 5 aliphatic heterocycles. The second kappa shape index (κ2) is 22.6. The van der Waals surface area contributed by atoms with Crippen LogP contribution < -0.4 is 0 Å². The summed E-state index contributed by atoms with van der Waals surface area (Å²) in [6.07, 6.45) is -19.4. The van der Waals surface area contributed by atoms with E-state index < -0.39 is 170 Å². The molecule has 0 aromatic heterocycles. The lowest BCUT2D eigenvalue weighted by Gasteiger charge is -2.64. The topological polar surface area (TPSA) is 355 Å². The average Bonchev–Trinajstić information content (AvgIpc) is 3.82. The van der Waals surface area contributed by atoms with E-state index in [1.54, 1.807) is 0 Å². The van der Waals surface area contributed by atoms with Crippen LogP contribution in [-0.2, 0) is 66.7 Å². The molecule has 4 aliphatic carbocycles. The Morgan fingerprint density at radius 3 is 2.01 bits per heavy atom. The molecule has 5 heterocycles. The molecular weight excluding hydrogens is 1050 g/mol. The van der Waals surface area contributed by atoms with Gasteiger partial charge in [0, 0.05) is 18.4 Å². The van der Waals surface area contributed by atoms with Gasteiger partial charge in [-0.25, -0.2) is 4.18 Å². The fourth-order valence-corrected chi connectivity index (χ4v) is 16.4. The van der Waals surface area contributed by atoms with Gasteiger partial charge in [0.15, 0.2) is 25.2 Å². The van der Waals surface area contributed by atoms with Gasteiger partial charge in [0.25, 0.3) is 0 Å². The molecular formula is C53H84O24S. The zero-order valence-electron chi connectivity index (χ0n) is 45.6. The maximum Gasteiger partial charge on any atom is 0.397 e. The summed E-state index contributed by atoms with van der Waals surface area (Å²) in [6.45, 7) is 12.4. The van der Waals surface area contributed by atoms with Crippen molar-refractivity contribution in [2.45, 2.75) is 229 Å². The van der Waals surface area contributed by atoms with E-state index in [4.69, 9.17) is 51.6 Å². The van der Waals surface area contributed by atoms with Crippen LogP contribution in [0.5, 0.6) is 0 Å². The highest BCUT2D eigenvalue weighted by Gasteiger charge is 2.76. The van der Waals surface area contributed by atoms with Gasteiger partial charge in [-0.05, 0) is 101 Å². The van der Waals surface area contributed by atoms with E-state index >= 15 is 0 Å². The van der Waals surface area contributed by atoms with Gasteiger partial charge in [-0.1, -0.05) is 51.0 Å². The molecule has 446 valence electrons. The van der Waals surface area contributed by atoms with Gasteiger partial charge in [0.1, 0.15) is 91.1 Å². The Labute approximate surface area is 455 Å². The van der Waals surface area contributed by atoms with Crippen molar-refractivity contribution in [2.75, 3.05) is 33.5 Å². The number of hydrogen-bond acceptors (Lipinski definition) is 23. The fraction of sp³-hybridized carbons (Fsp3) is 0.906. The number of carbonyl (C=O) groups excluding carboxylic acids is 1. The second-order valence-electron chi connectivity index (χ2n) is 24.9. The molecule has 9 rings (SSSR count). The molecule has 9 aliphatic rings. The normalized spacial score (nSPS) is 50.1. The Balaban J connectivity index is 0.899. The van der Waals surface area contributed by atoms with Gasteiger partial charge >= 0.3 is 16.4 Å². The highest BCUT2D eigenvalue weighted by atomic mass is 32.3. The summed E-state index contributed by atoms with van der Waals surface area (Å²) in [4.78, 5) is 14.4. The molecule has 1 spiro atoms. The minimum Gasteiger partial charge on any atom is -0.459 e. The first-order valence-electron chi connectivity index (χ1n) is 27.5. The van der Waals surface area contributed by atoms with Crippen LogP contribution in [0.15, 0.2) is 23.3 Å². The molecule has 25 heteroatoms. The number of rotatable bonds is 16. The lowest BCUT2D eigenvalue weighted by molar-refractivity contribution is -0.385. The van der Waals surface area contributed by atoms with E-state index in [2.05, 4.69) is 60.6 Å². The Hall–Kier alpha value is -1.90. The molecule has 0 bridgehead atoms. The Morgan fingerprint density at radius 1 is 0.705 bits per heavy atom. The third-order valence-corrected chi connectivity index (χ3v) is 20.5. The Kier molecular flexibility index (Phi) is 17.6.